The Morgan fingerprint density at radius 3 is 2.35 bits per heavy atom. The van der Waals surface area contributed by atoms with Crippen LogP contribution in [0.15, 0.2) is 72.9 Å². The Bertz CT molecular complexity index is 819. The van der Waals surface area contributed by atoms with Crippen molar-refractivity contribution in [2.24, 2.45) is 0 Å². The Morgan fingerprint density at radius 2 is 1.70 bits per heavy atom. The zero-order chi connectivity index (χ0) is 16.2. The lowest BCUT2D eigenvalue weighted by molar-refractivity contribution is 0.0999. The van der Waals surface area contributed by atoms with Gasteiger partial charge in [0.25, 0.3) is 5.91 Å². The van der Waals surface area contributed by atoms with Gasteiger partial charge in [-0.2, -0.15) is 4.39 Å². The Balaban J connectivity index is 2.08. The number of amides is 1. The number of benzene rings is 2. The van der Waals surface area contributed by atoms with Gasteiger partial charge in [-0.15, -0.1) is 0 Å². The van der Waals surface area contributed by atoms with Crippen LogP contribution in [0, 0.1) is 5.95 Å². The average Bonchev–Trinajstić information content (AvgIpc) is 2.57. The highest BCUT2D eigenvalue weighted by molar-refractivity contribution is 6.10. The maximum Gasteiger partial charge on any atom is 0.264 e. The van der Waals surface area contributed by atoms with E-state index >= 15 is 0 Å². The number of anilines is 3. The number of rotatable bonds is 3. The fraction of sp³-hybridized carbons (Fsp3) is 0. The van der Waals surface area contributed by atoms with E-state index in [0.29, 0.717) is 17.1 Å². The second-order valence-electron chi connectivity index (χ2n) is 4.94. The average molecular weight is 307 g/mol. The molecule has 1 heterocycles. The summed E-state index contributed by atoms with van der Waals surface area (Å²) in [5.74, 6) is -0.939. The first-order valence-electron chi connectivity index (χ1n) is 7.02. The molecule has 0 aliphatic heterocycles. The Morgan fingerprint density at radius 1 is 0.957 bits per heavy atom. The molecule has 0 aliphatic carbocycles. The molecule has 0 unspecified atom stereocenters. The number of nitrogens with two attached hydrogens (primary N) is 1. The molecule has 5 heteroatoms. The van der Waals surface area contributed by atoms with E-state index in [-0.39, 0.29) is 11.5 Å². The predicted octanol–water partition coefficient (Wildman–Crippen LogP) is 3.78. The zero-order valence-electron chi connectivity index (χ0n) is 12.2. The Hall–Kier alpha value is -3.21. The van der Waals surface area contributed by atoms with Gasteiger partial charge in [0.2, 0.25) is 5.95 Å². The van der Waals surface area contributed by atoms with Crippen molar-refractivity contribution in [2.45, 2.75) is 0 Å². The van der Waals surface area contributed by atoms with Gasteiger partial charge in [0.05, 0.1) is 11.3 Å². The van der Waals surface area contributed by atoms with Gasteiger partial charge in [-0.1, -0.05) is 24.3 Å². The van der Waals surface area contributed by atoms with E-state index in [1.54, 1.807) is 24.3 Å². The van der Waals surface area contributed by atoms with Crippen molar-refractivity contribution in [3.8, 4) is 0 Å². The van der Waals surface area contributed by atoms with Crippen molar-refractivity contribution >= 4 is 23.0 Å². The third-order valence-electron chi connectivity index (χ3n) is 3.32. The molecule has 23 heavy (non-hydrogen) atoms. The quantitative estimate of drug-likeness (QED) is 0.591. The SMILES string of the molecule is Nc1cccc(N(C(=O)c2ccc(F)nc2)c2ccccc2)c1. The fourth-order valence-corrected chi connectivity index (χ4v) is 2.26. The molecule has 2 N–H and O–H groups in total. The molecule has 1 amide bonds. The second-order valence-corrected chi connectivity index (χ2v) is 4.94. The maximum atomic E-state index is 13.0. The van der Waals surface area contributed by atoms with Gasteiger partial charge in [0, 0.05) is 17.6 Å². The van der Waals surface area contributed by atoms with Gasteiger partial charge >= 0.3 is 0 Å². The number of nitrogens with zero attached hydrogens (tertiary/aromatic N) is 2. The van der Waals surface area contributed by atoms with Gasteiger partial charge < -0.3 is 5.73 Å². The van der Waals surface area contributed by atoms with Gasteiger partial charge in [-0.25, -0.2) is 4.98 Å². The highest BCUT2D eigenvalue weighted by Gasteiger charge is 2.20. The molecule has 2 aromatic carbocycles. The lowest BCUT2D eigenvalue weighted by atomic mass is 10.1. The molecule has 0 spiro atoms. The highest BCUT2D eigenvalue weighted by Crippen LogP contribution is 2.28. The molecule has 4 nitrogen and oxygen atoms in total. The number of para-hydroxylation sites is 1. The van der Waals surface area contributed by atoms with Crippen molar-refractivity contribution in [3.63, 3.8) is 0 Å². The number of pyridine rings is 1. The molecular formula is C18H14FN3O. The first-order valence-corrected chi connectivity index (χ1v) is 7.02. The number of aromatic nitrogens is 1. The molecule has 0 saturated heterocycles. The van der Waals surface area contributed by atoms with Crippen LogP contribution in [0.2, 0.25) is 0 Å². The minimum Gasteiger partial charge on any atom is -0.399 e. The first-order chi connectivity index (χ1) is 11.1. The van der Waals surface area contributed by atoms with Crippen molar-refractivity contribution < 1.29 is 9.18 Å². The summed E-state index contributed by atoms with van der Waals surface area (Å²) in [5, 5.41) is 0. The van der Waals surface area contributed by atoms with E-state index in [2.05, 4.69) is 4.98 Å². The van der Waals surface area contributed by atoms with Crippen LogP contribution in [0.1, 0.15) is 10.4 Å². The molecular weight excluding hydrogens is 293 g/mol. The molecule has 0 fully saturated rings. The molecule has 3 aromatic rings. The number of carbonyl (C=O) groups is 1. The van der Waals surface area contributed by atoms with Crippen molar-refractivity contribution in [1.29, 1.82) is 0 Å². The standard InChI is InChI=1S/C18H14FN3O/c19-17-10-9-13(12-21-17)18(23)22(15-6-2-1-3-7-15)16-8-4-5-14(20)11-16/h1-12H,20H2. The van der Waals surface area contributed by atoms with Crippen LogP contribution in [-0.2, 0) is 0 Å². The molecule has 114 valence electrons. The van der Waals surface area contributed by atoms with Crippen molar-refractivity contribution in [2.75, 3.05) is 10.6 Å². The lowest BCUT2D eigenvalue weighted by Gasteiger charge is -2.23. The number of halogens is 1. The summed E-state index contributed by atoms with van der Waals surface area (Å²) < 4.78 is 13.0. The van der Waals surface area contributed by atoms with E-state index in [4.69, 9.17) is 5.73 Å². The zero-order valence-corrected chi connectivity index (χ0v) is 12.2. The lowest BCUT2D eigenvalue weighted by Crippen LogP contribution is -2.26. The van der Waals surface area contributed by atoms with Crippen LogP contribution in [0.5, 0.6) is 0 Å². The monoisotopic (exact) mass is 307 g/mol. The molecule has 0 bridgehead atoms. The second kappa shape index (κ2) is 6.27. The van der Waals surface area contributed by atoms with Crippen LogP contribution < -0.4 is 10.6 Å². The topological polar surface area (TPSA) is 59.2 Å². The van der Waals surface area contributed by atoms with Crippen molar-refractivity contribution in [1.82, 2.24) is 4.98 Å². The Kier molecular flexibility index (Phi) is 4.01. The summed E-state index contributed by atoms with van der Waals surface area (Å²) in [6.07, 6.45) is 1.22. The molecule has 0 aliphatic rings. The summed E-state index contributed by atoms with van der Waals surface area (Å²) in [4.78, 5) is 18.0. The molecule has 1 aromatic heterocycles. The summed E-state index contributed by atoms with van der Waals surface area (Å²) in [5.41, 5.74) is 7.99. The number of hydrogen-bond donors (Lipinski definition) is 1. The fourth-order valence-electron chi connectivity index (χ4n) is 2.26. The van der Waals surface area contributed by atoms with E-state index in [1.807, 2.05) is 30.3 Å². The number of nitrogen functional groups attached to an aromatic ring is 1. The van der Waals surface area contributed by atoms with Gasteiger partial charge in [-0.05, 0) is 42.5 Å². The normalized spacial score (nSPS) is 10.3. The third kappa shape index (κ3) is 3.18. The summed E-state index contributed by atoms with van der Waals surface area (Å²) in [6, 6.07) is 18.8. The van der Waals surface area contributed by atoms with Gasteiger partial charge in [0.15, 0.2) is 0 Å². The predicted molar refractivity (Wildman–Crippen MR) is 88.0 cm³/mol. The number of carbonyl (C=O) groups excluding carboxylic acids is 1. The summed E-state index contributed by atoms with van der Waals surface area (Å²) in [6.45, 7) is 0. The first kappa shape index (κ1) is 14.7. The highest BCUT2D eigenvalue weighted by atomic mass is 19.1. The molecule has 0 saturated carbocycles. The molecule has 3 rings (SSSR count). The summed E-state index contributed by atoms with van der Waals surface area (Å²) >= 11 is 0. The van der Waals surface area contributed by atoms with Gasteiger partial charge in [0.1, 0.15) is 0 Å². The van der Waals surface area contributed by atoms with Crippen LogP contribution >= 0.6 is 0 Å². The van der Waals surface area contributed by atoms with Crippen LogP contribution in [-0.4, -0.2) is 10.9 Å². The smallest absolute Gasteiger partial charge is 0.264 e. The summed E-state index contributed by atoms with van der Waals surface area (Å²) in [7, 11) is 0. The van der Waals surface area contributed by atoms with E-state index in [9.17, 15) is 9.18 Å². The molecule has 0 atom stereocenters. The maximum absolute atomic E-state index is 13.0. The van der Waals surface area contributed by atoms with Crippen molar-refractivity contribution in [3.05, 3.63) is 84.4 Å². The van der Waals surface area contributed by atoms with Gasteiger partial charge in [-0.3, -0.25) is 9.69 Å². The van der Waals surface area contributed by atoms with Crippen LogP contribution in [0.4, 0.5) is 21.5 Å². The van der Waals surface area contributed by atoms with E-state index < -0.39 is 5.95 Å². The number of hydrogen-bond acceptors (Lipinski definition) is 3. The largest absolute Gasteiger partial charge is 0.399 e. The minimum absolute atomic E-state index is 0.290. The minimum atomic E-state index is -0.628. The van der Waals surface area contributed by atoms with E-state index in [1.165, 1.54) is 17.2 Å². The molecule has 0 radical (unpaired) electrons. The van der Waals surface area contributed by atoms with Crippen LogP contribution in [0.25, 0.3) is 0 Å². The van der Waals surface area contributed by atoms with E-state index in [0.717, 1.165) is 6.07 Å². The third-order valence-corrected chi connectivity index (χ3v) is 3.32. The van der Waals surface area contributed by atoms with Crippen LogP contribution in [0.3, 0.4) is 0 Å². The Labute approximate surface area is 133 Å².